The van der Waals surface area contributed by atoms with E-state index < -0.39 is 0 Å². The molecule has 2 aliphatic heterocycles. The lowest BCUT2D eigenvalue weighted by atomic mass is 10.1. The Balaban J connectivity index is 1.25. The van der Waals surface area contributed by atoms with Gasteiger partial charge < -0.3 is 19.1 Å². The molecule has 1 aromatic heterocycles. The number of nitrogens with zero attached hydrogens (tertiary/aromatic N) is 5. The maximum absolute atomic E-state index is 12.3. The minimum absolute atomic E-state index is 0.0776. The number of benzene rings is 1. The van der Waals surface area contributed by atoms with Gasteiger partial charge in [0.1, 0.15) is 0 Å². The minimum Gasteiger partial charge on any atom is -0.378 e. The molecule has 2 aliphatic rings. The summed E-state index contributed by atoms with van der Waals surface area (Å²) in [7, 11) is 0. The summed E-state index contributed by atoms with van der Waals surface area (Å²) in [5.41, 5.74) is 2.18. The molecule has 0 aliphatic carbocycles. The van der Waals surface area contributed by atoms with Crippen LogP contribution in [0.2, 0.25) is 0 Å². The zero-order valence-electron chi connectivity index (χ0n) is 17.9. The van der Waals surface area contributed by atoms with Crippen LogP contribution < -0.4 is 0 Å². The molecule has 0 bridgehead atoms. The van der Waals surface area contributed by atoms with E-state index in [1.165, 1.54) is 5.56 Å². The van der Waals surface area contributed by atoms with Gasteiger partial charge in [0, 0.05) is 57.8 Å². The van der Waals surface area contributed by atoms with Crippen molar-refractivity contribution >= 4 is 5.91 Å². The van der Waals surface area contributed by atoms with Crippen LogP contribution in [0, 0.1) is 6.92 Å². The SMILES string of the molecule is Cc1ccc(-c2noc([C@@H](C)N3CCN(CCC(=O)N4CCOCC4)CC3)n2)cc1. The molecule has 3 heterocycles. The van der Waals surface area contributed by atoms with E-state index in [0.29, 0.717) is 31.3 Å². The van der Waals surface area contributed by atoms with Crippen LogP contribution >= 0.6 is 0 Å². The Kier molecular flexibility index (Phi) is 6.76. The molecule has 8 nitrogen and oxygen atoms in total. The molecule has 0 saturated carbocycles. The molecule has 0 radical (unpaired) electrons. The molecule has 8 heteroatoms. The van der Waals surface area contributed by atoms with Crippen molar-refractivity contribution in [3.8, 4) is 11.4 Å². The van der Waals surface area contributed by atoms with Gasteiger partial charge in [-0.1, -0.05) is 35.0 Å². The van der Waals surface area contributed by atoms with Gasteiger partial charge in [-0.2, -0.15) is 4.98 Å². The van der Waals surface area contributed by atoms with E-state index in [1.807, 2.05) is 17.0 Å². The predicted octanol–water partition coefficient (Wildman–Crippen LogP) is 1.97. The summed E-state index contributed by atoms with van der Waals surface area (Å²) in [6.07, 6.45) is 0.582. The van der Waals surface area contributed by atoms with Crippen LogP contribution in [0.5, 0.6) is 0 Å². The number of aromatic nitrogens is 2. The zero-order valence-corrected chi connectivity index (χ0v) is 17.9. The van der Waals surface area contributed by atoms with Gasteiger partial charge >= 0.3 is 0 Å². The lowest BCUT2D eigenvalue weighted by Crippen LogP contribution is -2.48. The van der Waals surface area contributed by atoms with Crippen molar-refractivity contribution in [2.75, 3.05) is 59.0 Å². The van der Waals surface area contributed by atoms with Crippen LogP contribution in [0.3, 0.4) is 0 Å². The Morgan fingerprint density at radius 2 is 1.77 bits per heavy atom. The third-order valence-corrected chi connectivity index (χ3v) is 6.07. The first-order chi connectivity index (χ1) is 14.6. The smallest absolute Gasteiger partial charge is 0.244 e. The molecular formula is C22H31N5O3. The molecule has 2 aromatic rings. The molecule has 30 heavy (non-hydrogen) atoms. The van der Waals surface area contributed by atoms with Crippen molar-refractivity contribution in [3.05, 3.63) is 35.7 Å². The third kappa shape index (κ3) is 5.06. The predicted molar refractivity (Wildman–Crippen MR) is 113 cm³/mol. The highest BCUT2D eigenvalue weighted by Gasteiger charge is 2.26. The van der Waals surface area contributed by atoms with Crippen LogP contribution in [-0.2, 0) is 9.53 Å². The van der Waals surface area contributed by atoms with E-state index in [9.17, 15) is 4.79 Å². The van der Waals surface area contributed by atoms with Gasteiger partial charge in [-0.15, -0.1) is 0 Å². The van der Waals surface area contributed by atoms with Crippen molar-refractivity contribution in [3.63, 3.8) is 0 Å². The summed E-state index contributed by atoms with van der Waals surface area (Å²) in [6.45, 7) is 11.5. The van der Waals surface area contributed by atoms with Crippen molar-refractivity contribution < 1.29 is 14.1 Å². The monoisotopic (exact) mass is 413 g/mol. The van der Waals surface area contributed by atoms with Gasteiger partial charge in [-0.3, -0.25) is 9.69 Å². The topological polar surface area (TPSA) is 74.9 Å². The van der Waals surface area contributed by atoms with E-state index >= 15 is 0 Å². The molecule has 0 spiro atoms. The molecule has 1 atom stereocenters. The number of amides is 1. The molecule has 0 N–H and O–H groups in total. The summed E-state index contributed by atoms with van der Waals surface area (Å²) in [4.78, 5) is 23.6. The van der Waals surface area contributed by atoms with E-state index in [1.54, 1.807) is 0 Å². The first kappa shape index (κ1) is 21.0. The van der Waals surface area contributed by atoms with Crippen LogP contribution in [0.25, 0.3) is 11.4 Å². The number of piperazine rings is 1. The highest BCUT2D eigenvalue weighted by atomic mass is 16.5. The normalized spacial score (nSPS) is 19.7. The fourth-order valence-electron chi connectivity index (χ4n) is 3.98. The Morgan fingerprint density at radius 3 is 2.47 bits per heavy atom. The molecule has 0 unspecified atom stereocenters. The first-order valence-electron chi connectivity index (χ1n) is 10.8. The number of carbonyl (C=O) groups excluding carboxylic acids is 1. The fourth-order valence-corrected chi connectivity index (χ4v) is 3.98. The summed E-state index contributed by atoms with van der Waals surface area (Å²) in [5.74, 6) is 1.53. The van der Waals surface area contributed by atoms with Crippen LogP contribution in [0.1, 0.15) is 30.8 Å². The second-order valence-electron chi connectivity index (χ2n) is 8.12. The van der Waals surface area contributed by atoms with Crippen LogP contribution in [-0.4, -0.2) is 89.8 Å². The van der Waals surface area contributed by atoms with Crippen molar-refractivity contribution in [1.82, 2.24) is 24.8 Å². The van der Waals surface area contributed by atoms with E-state index in [4.69, 9.17) is 9.26 Å². The first-order valence-corrected chi connectivity index (χ1v) is 10.8. The van der Waals surface area contributed by atoms with Crippen molar-refractivity contribution in [2.45, 2.75) is 26.3 Å². The number of morpholine rings is 1. The number of aryl methyl sites for hydroxylation is 1. The molecule has 2 fully saturated rings. The minimum atomic E-state index is 0.0776. The molecular weight excluding hydrogens is 382 g/mol. The number of hydrogen-bond donors (Lipinski definition) is 0. The van der Waals surface area contributed by atoms with Gasteiger partial charge in [0.05, 0.1) is 19.3 Å². The van der Waals surface area contributed by atoms with Gasteiger partial charge in [0.25, 0.3) is 0 Å². The Morgan fingerprint density at radius 1 is 1.07 bits per heavy atom. The fraction of sp³-hybridized carbons (Fsp3) is 0.591. The largest absolute Gasteiger partial charge is 0.378 e. The average Bonchev–Trinajstić information content (AvgIpc) is 3.29. The third-order valence-electron chi connectivity index (χ3n) is 6.07. The average molecular weight is 414 g/mol. The molecule has 1 amide bonds. The Labute approximate surface area is 177 Å². The van der Waals surface area contributed by atoms with Gasteiger partial charge in [-0.25, -0.2) is 0 Å². The second-order valence-corrected chi connectivity index (χ2v) is 8.12. The van der Waals surface area contributed by atoms with Gasteiger partial charge in [0.15, 0.2) is 0 Å². The number of carbonyl (C=O) groups is 1. The van der Waals surface area contributed by atoms with E-state index in [2.05, 4.69) is 45.9 Å². The summed E-state index contributed by atoms with van der Waals surface area (Å²) < 4.78 is 10.9. The van der Waals surface area contributed by atoms with Crippen molar-refractivity contribution in [2.24, 2.45) is 0 Å². The Hall–Kier alpha value is -2.29. The van der Waals surface area contributed by atoms with Gasteiger partial charge in [-0.05, 0) is 13.8 Å². The molecule has 162 valence electrons. The summed E-state index contributed by atoms with van der Waals surface area (Å²) >= 11 is 0. The second kappa shape index (κ2) is 9.68. The highest BCUT2D eigenvalue weighted by molar-refractivity contribution is 5.76. The number of ether oxygens (including phenoxy) is 1. The molecule has 4 rings (SSSR count). The maximum atomic E-state index is 12.3. The quantitative estimate of drug-likeness (QED) is 0.717. The maximum Gasteiger partial charge on any atom is 0.244 e. The Bertz CT molecular complexity index is 824. The van der Waals surface area contributed by atoms with E-state index in [0.717, 1.165) is 51.4 Å². The summed E-state index contributed by atoms with van der Waals surface area (Å²) in [6, 6.07) is 8.22. The summed E-state index contributed by atoms with van der Waals surface area (Å²) in [5, 5.41) is 4.17. The van der Waals surface area contributed by atoms with Crippen LogP contribution in [0.4, 0.5) is 0 Å². The lowest BCUT2D eigenvalue weighted by Gasteiger charge is -2.37. The highest BCUT2D eigenvalue weighted by Crippen LogP contribution is 2.23. The van der Waals surface area contributed by atoms with E-state index in [-0.39, 0.29) is 11.9 Å². The van der Waals surface area contributed by atoms with Crippen molar-refractivity contribution in [1.29, 1.82) is 0 Å². The zero-order chi connectivity index (χ0) is 20.9. The number of hydrogen-bond acceptors (Lipinski definition) is 7. The lowest BCUT2D eigenvalue weighted by molar-refractivity contribution is -0.135. The number of rotatable bonds is 6. The van der Waals surface area contributed by atoms with Gasteiger partial charge in [0.2, 0.25) is 17.6 Å². The molecule has 1 aromatic carbocycles. The molecule has 2 saturated heterocycles. The van der Waals surface area contributed by atoms with Crippen LogP contribution in [0.15, 0.2) is 28.8 Å². The standard InChI is InChI=1S/C22H31N5O3/c1-17-3-5-19(6-4-17)21-23-22(30-24-21)18(2)26-11-9-25(10-12-26)8-7-20(28)27-13-15-29-16-14-27/h3-6,18H,7-16H2,1-2H3/t18-/m1/s1.